The molecule has 214 valence electrons. The van der Waals surface area contributed by atoms with Crippen molar-refractivity contribution in [1.29, 1.82) is 0 Å². The van der Waals surface area contributed by atoms with Crippen LogP contribution in [0.25, 0.3) is 88.5 Å². The number of pyridine rings is 3. The van der Waals surface area contributed by atoms with Crippen molar-refractivity contribution in [2.75, 3.05) is 0 Å². The summed E-state index contributed by atoms with van der Waals surface area (Å²) < 4.78 is 0. The van der Waals surface area contributed by atoms with Gasteiger partial charge in [-0.15, -0.1) is 0 Å². The van der Waals surface area contributed by atoms with Gasteiger partial charge in [-0.05, 0) is 90.5 Å². The Bertz CT molecular complexity index is 2410. The lowest BCUT2D eigenvalue weighted by atomic mass is 9.89. The molecule has 0 N–H and O–H groups in total. The number of benzene rings is 6. The Morgan fingerprint density at radius 3 is 1.70 bits per heavy atom. The molecular weight excluding hydrogens is 558 g/mol. The smallest absolute Gasteiger partial charge is 0.0900 e. The third kappa shape index (κ3) is 4.49. The molecule has 46 heavy (non-hydrogen) atoms. The third-order valence-electron chi connectivity index (χ3n) is 8.94. The zero-order chi connectivity index (χ0) is 30.5. The zero-order valence-electron chi connectivity index (χ0n) is 24.9. The number of nitrogens with zero attached hydrogens (tertiary/aromatic N) is 3. The summed E-state index contributed by atoms with van der Waals surface area (Å²) in [5.41, 5.74) is 10.2. The standard InChI is InChI=1S/C43H27N3/c1-2-7-28(8-3-1)35-25-40(38-11-4-5-24-44-38)46-41(26-35)39-23-20-34(27-45-39)29-12-14-30(15-13-29)36-21-18-33-17-16-31-9-6-10-32-19-22-37(36)43(33)42(31)32/h1-27H. The van der Waals surface area contributed by atoms with Gasteiger partial charge in [-0.1, -0.05) is 121 Å². The van der Waals surface area contributed by atoms with Crippen LogP contribution in [0.5, 0.6) is 0 Å². The predicted octanol–water partition coefficient (Wildman–Crippen LogP) is 11.1. The molecule has 0 saturated carbocycles. The molecule has 3 heterocycles. The summed E-state index contributed by atoms with van der Waals surface area (Å²) in [5, 5.41) is 7.83. The SMILES string of the molecule is c1ccc(-c2cc(-c3ccccn3)nc(-c3ccc(-c4ccc(-c5ccc6ccc7cccc8ccc5c6c78)cc4)cn3)c2)cc1. The van der Waals surface area contributed by atoms with Gasteiger partial charge >= 0.3 is 0 Å². The van der Waals surface area contributed by atoms with Gasteiger partial charge in [0.15, 0.2) is 0 Å². The van der Waals surface area contributed by atoms with E-state index < -0.39 is 0 Å². The molecule has 0 aliphatic rings. The maximum Gasteiger partial charge on any atom is 0.0900 e. The fraction of sp³-hybridized carbons (Fsp3) is 0. The van der Waals surface area contributed by atoms with Crippen molar-refractivity contribution in [1.82, 2.24) is 15.0 Å². The van der Waals surface area contributed by atoms with Crippen LogP contribution in [-0.4, -0.2) is 15.0 Å². The minimum atomic E-state index is 0.818. The summed E-state index contributed by atoms with van der Waals surface area (Å²) in [6.07, 6.45) is 3.74. The van der Waals surface area contributed by atoms with E-state index in [2.05, 4.69) is 132 Å². The molecule has 0 fully saturated rings. The maximum atomic E-state index is 4.98. The normalized spacial score (nSPS) is 11.5. The average Bonchev–Trinajstić information content (AvgIpc) is 3.14. The van der Waals surface area contributed by atoms with Crippen LogP contribution < -0.4 is 0 Å². The van der Waals surface area contributed by atoms with Crippen molar-refractivity contribution in [3.05, 3.63) is 164 Å². The molecule has 3 aromatic heterocycles. The van der Waals surface area contributed by atoms with E-state index in [-0.39, 0.29) is 0 Å². The highest BCUT2D eigenvalue weighted by Crippen LogP contribution is 2.39. The molecule has 0 spiro atoms. The van der Waals surface area contributed by atoms with Gasteiger partial charge < -0.3 is 0 Å². The van der Waals surface area contributed by atoms with Crippen molar-refractivity contribution in [3.8, 4) is 56.2 Å². The maximum absolute atomic E-state index is 4.98. The van der Waals surface area contributed by atoms with E-state index in [0.29, 0.717) is 0 Å². The number of rotatable bonds is 5. The second kappa shape index (κ2) is 10.8. The molecule has 9 rings (SSSR count). The Hall–Kier alpha value is -6.19. The molecule has 0 atom stereocenters. The van der Waals surface area contributed by atoms with Gasteiger partial charge in [-0.25, -0.2) is 4.98 Å². The van der Waals surface area contributed by atoms with Gasteiger partial charge in [-0.3, -0.25) is 9.97 Å². The highest BCUT2D eigenvalue weighted by Gasteiger charge is 2.13. The first-order valence-corrected chi connectivity index (χ1v) is 15.5. The Labute approximate surface area is 266 Å². The molecule has 9 aromatic rings. The Balaban J connectivity index is 1.06. The Morgan fingerprint density at radius 1 is 0.348 bits per heavy atom. The second-order valence-electron chi connectivity index (χ2n) is 11.7. The van der Waals surface area contributed by atoms with Crippen LogP contribution in [0.1, 0.15) is 0 Å². The van der Waals surface area contributed by atoms with Crippen LogP contribution in [0, 0.1) is 0 Å². The van der Waals surface area contributed by atoms with Crippen LogP contribution in [0.4, 0.5) is 0 Å². The summed E-state index contributed by atoms with van der Waals surface area (Å²) >= 11 is 0. The van der Waals surface area contributed by atoms with Gasteiger partial charge in [0, 0.05) is 18.0 Å². The van der Waals surface area contributed by atoms with Crippen molar-refractivity contribution in [2.45, 2.75) is 0 Å². The predicted molar refractivity (Wildman–Crippen MR) is 191 cm³/mol. The first-order chi connectivity index (χ1) is 22.8. The summed E-state index contributed by atoms with van der Waals surface area (Å²) in [4.78, 5) is 14.4. The van der Waals surface area contributed by atoms with E-state index in [1.807, 2.05) is 30.5 Å². The first-order valence-electron chi connectivity index (χ1n) is 15.5. The van der Waals surface area contributed by atoms with E-state index in [1.165, 1.54) is 43.4 Å². The summed E-state index contributed by atoms with van der Waals surface area (Å²) in [6, 6.07) is 53.5. The van der Waals surface area contributed by atoms with Crippen LogP contribution >= 0.6 is 0 Å². The first kappa shape index (κ1) is 26.2. The van der Waals surface area contributed by atoms with Crippen LogP contribution in [0.2, 0.25) is 0 Å². The molecule has 0 amide bonds. The average molecular weight is 586 g/mol. The van der Waals surface area contributed by atoms with Gasteiger partial charge in [-0.2, -0.15) is 0 Å². The van der Waals surface area contributed by atoms with Crippen LogP contribution in [-0.2, 0) is 0 Å². The summed E-state index contributed by atoms with van der Waals surface area (Å²) in [6.45, 7) is 0. The van der Waals surface area contributed by atoms with Crippen LogP contribution in [0.3, 0.4) is 0 Å². The minimum absolute atomic E-state index is 0.818. The molecule has 3 nitrogen and oxygen atoms in total. The lowest BCUT2D eigenvalue weighted by molar-refractivity contribution is 1.22. The highest BCUT2D eigenvalue weighted by molar-refractivity contribution is 6.25. The minimum Gasteiger partial charge on any atom is -0.255 e. The molecule has 0 unspecified atom stereocenters. The second-order valence-corrected chi connectivity index (χ2v) is 11.7. The molecular formula is C43H27N3. The molecule has 0 bridgehead atoms. The molecule has 0 saturated heterocycles. The third-order valence-corrected chi connectivity index (χ3v) is 8.94. The van der Waals surface area contributed by atoms with E-state index >= 15 is 0 Å². The Kier molecular flexibility index (Phi) is 6.14. The van der Waals surface area contributed by atoms with Gasteiger partial charge in [0.05, 0.1) is 22.8 Å². The summed E-state index contributed by atoms with van der Waals surface area (Å²) in [5.74, 6) is 0. The molecule has 0 aliphatic carbocycles. The fourth-order valence-corrected chi connectivity index (χ4v) is 6.65. The van der Waals surface area contributed by atoms with Gasteiger partial charge in [0.1, 0.15) is 0 Å². The molecule has 0 radical (unpaired) electrons. The Morgan fingerprint density at radius 2 is 0.978 bits per heavy atom. The van der Waals surface area contributed by atoms with Crippen molar-refractivity contribution in [2.24, 2.45) is 0 Å². The van der Waals surface area contributed by atoms with E-state index in [9.17, 15) is 0 Å². The highest BCUT2D eigenvalue weighted by atomic mass is 14.8. The fourth-order valence-electron chi connectivity index (χ4n) is 6.65. The zero-order valence-corrected chi connectivity index (χ0v) is 24.9. The van der Waals surface area contributed by atoms with E-state index in [1.54, 1.807) is 6.20 Å². The quantitative estimate of drug-likeness (QED) is 0.189. The van der Waals surface area contributed by atoms with Crippen molar-refractivity contribution >= 4 is 32.3 Å². The van der Waals surface area contributed by atoms with E-state index in [4.69, 9.17) is 9.97 Å². The lowest BCUT2D eigenvalue weighted by Crippen LogP contribution is -1.94. The number of hydrogen-bond acceptors (Lipinski definition) is 3. The van der Waals surface area contributed by atoms with Gasteiger partial charge in [0.25, 0.3) is 0 Å². The van der Waals surface area contributed by atoms with Crippen LogP contribution in [0.15, 0.2) is 164 Å². The topological polar surface area (TPSA) is 38.7 Å². The monoisotopic (exact) mass is 585 g/mol. The molecule has 3 heteroatoms. The lowest BCUT2D eigenvalue weighted by Gasteiger charge is -2.14. The number of aromatic nitrogens is 3. The number of hydrogen-bond donors (Lipinski definition) is 0. The molecule has 0 aliphatic heterocycles. The summed E-state index contributed by atoms with van der Waals surface area (Å²) in [7, 11) is 0. The van der Waals surface area contributed by atoms with Gasteiger partial charge in [0.2, 0.25) is 0 Å². The molecule has 6 aromatic carbocycles. The van der Waals surface area contributed by atoms with Crippen molar-refractivity contribution < 1.29 is 0 Å². The van der Waals surface area contributed by atoms with Crippen molar-refractivity contribution in [3.63, 3.8) is 0 Å². The largest absolute Gasteiger partial charge is 0.255 e. The van der Waals surface area contributed by atoms with E-state index in [0.717, 1.165) is 45.0 Å².